The van der Waals surface area contributed by atoms with Gasteiger partial charge in [-0.05, 0) is 118 Å². The quantitative estimate of drug-likeness (QED) is 0.578. The van der Waals surface area contributed by atoms with Crippen LogP contribution in [0.25, 0.3) is 0 Å². The second-order valence-electron chi connectivity index (χ2n) is 12.1. The Morgan fingerprint density at radius 1 is 0.897 bits per heavy atom. The van der Waals surface area contributed by atoms with Crippen molar-refractivity contribution < 1.29 is 4.79 Å². The fourth-order valence-corrected chi connectivity index (χ4v) is 8.97. The Hall–Kier alpha value is -0.630. The SMILES string of the molecule is CC1CC2CC(C=CC3CCNCC3)CC[C@]2(C)[C@@H]2CC[C@]3(C)C(=O)CC[C@H]3[C@H]12. The number of carbonyl (C=O) groups is 1. The first kappa shape index (κ1) is 20.3. The highest BCUT2D eigenvalue weighted by Gasteiger charge is 2.61. The molecule has 1 heterocycles. The number of carbonyl (C=O) groups excluding carboxylic acids is 1. The second kappa shape index (κ2) is 7.50. The van der Waals surface area contributed by atoms with Crippen molar-refractivity contribution in [2.45, 2.75) is 85.0 Å². The highest BCUT2D eigenvalue weighted by atomic mass is 16.1. The van der Waals surface area contributed by atoms with Gasteiger partial charge >= 0.3 is 0 Å². The Morgan fingerprint density at radius 3 is 2.45 bits per heavy atom. The monoisotopic (exact) mass is 397 g/mol. The Bertz CT molecular complexity index is 663. The van der Waals surface area contributed by atoms with Crippen molar-refractivity contribution in [3.63, 3.8) is 0 Å². The molecule has 0 radical (unpaired) electrons. The molecule has 1 saturated heterocycles. The van der Waals surface area contributed by atoms with Crippen molar-refractivity contribution in [1.29, 1.82) is 0 Å². The molecule has 162 valence electrons. The third kappa shape index (κ3) is 3.27. The van der Waals surface area contributed by atoms with Crippen LogP contribution in [-0.2, 0) is 4.79 Å². The van der Waals surface area contributed by atoms with Crippen LogP contribution in [0.1, 0.15) is 85.0 Å². The van der Waals surface area contributed by atoms with Gasteiger partial charge in [-0.1, -0.05) is 32.9 Å². The van der Waals surface area contributed by atoms with Gasteiger partial charge in [-0.2, -0.15) is 0 Å². The molecule has 0 aromatic rings. The van der Waals surface area contributed by atoms with Crippen molar-refractivity contribution in [3.8, 4) is 0 Å². The van der Waals surface area contributed by atoms with Gasteiger partial charge in [0.15, 0.2) is 0 Å². The summed E-state index contributed by atoms with van der Waals surface area (Å²) in [5.74, 6) is 6.28. The van der Waals surface area contributed by atoms with Gasteiger partial charge in [-0.15, -0.1) is 0 Å². The summed E-state index contributed by atoms with van der Waals surface area (Å²) < 4.78 is 0. The predicted octanol–water partition coefficient (Wildman–Crippen LogP) is 6.02. The van der Waals surface area contributed by atoms with Gasteiger partial charge < -0.3 is 5.32 Å². The minimum absolute atomic E-state index is 0.0212. The van der Waals surface area contributed by atoms with Crippen LogP contribution in [0.15, 0.2) is 12.2 Å². The first-order chi connectivity index (χ1) is 13.9. The third-order valence-electron chi connectivity index (χ3n) is 10.8. The molecule has 5 aliphatic rings. The Kier molecular flexibility index (Phi) is 5.25. The fraction of sp³-hybridized carbons (Fsp3) is 0.889. The lowest BCUT2D eigenvalue weighted by atomic mass is 9.42. The van der Waals surface area contributed by atoms with Crippen LogP contribution >= 0.6 is 0 Å². The van der Waals surface area contributed by atoms with E-state index >= 15 is 0 Å². The molecule has 1 aliphatic heterocycles. The number of Topliss-reactive ketones (excluding diaryl/α,β-unsaturated/α-hetero) is 1. The number of piperidine rings is 1. The fourth-order valence-electron chi connectivity index (χ4n) is 8.97. The van der Waals surface area contributed by atoms with Crippen LogP contribution in [0, 0.1) is 52.3 Å². The molecule has 0 aromatic heterocycles. The lowest BCUT2D eigenvalue weighted by Crippen LogP contribution is -2.56. The van der Waals surface area contributed by atoms with Gasteiger partial charge in [0.1, 0.15) is 5.78 Å². The number of hydrogen-bond acceptors (Lipinski definition) is 2. The average Bonchev–Trinajstić information content (AvgIpc) is 3.03. The largest absolute Gasteiger partial charge is 0.317 e. The summed E-state index contributed by atoms with van der Waals surface area (Å²) >= 11 is 0. The van der Waals surface area contributed by atoms with Gasteiger partial charge in [-0.25, -0.2) is 0 Å². The smallest absolute Gasteiger partial charge is 0.139 e. The summed E-state index contributed by atoms with van der Waals surface area (Å²) in [5.41, 5.74) is 0.552. The van der Waals surface area contributed by atoms with Crippen molar-refractivity contribution >= 4 is 5.78 Å². The van der Waals surface area contributed by atoms with E-state index in [2.05, 4.69) is 38.2 Å². The molecule has 2 nitrogen and oxygen atoms in total. The van der Waals surface area contributed by atoms with Gasteiger partial charge in [0.05, 0.1) is 0 Å². The van der Waals surface area contributed by atoms with E-state index in [0.29, 0.717) is 17.1 Å². The zero-order chi connectivity index (χ0) is 20.2. The van der Waals surface area contributed by atoms with Crippen molar-refractivity contribution in [2.75, 3.05) is 13.1 Å². The van der Waals surface area contributed by atoms with Crippen LogP contribution in [0.2, 0.25) is 0 Å². The Balaban J connectivity index is 1.31. The number of fused-ring (bicyclic) bond motifs is 5. The van der Waals surface area contributed by atoms with Crippen LogP contribution in [0.5, 0.6) is 0 Å². The normalized spacial score (nSPS) is 50.9. The minimum Gasteiger partial charge on any atom is -0.317 e. The van der Waals surface area contributed by atoms with E-state index in [4.69, 9.17) is 0 Å². The highest BCUT2D eigenvalue weighted by Crippen LogP contribution is 2.67. The standard InChI is InChI=1S/C27H43NO/c1-18-16-21-17-20(5-4-19-10-14-28-15-11-19)8-12-26(21,2)23-9-13-27(3)22(25(18)23)6-7-24(27)29/h4-5,18-23,25,28H,6-17H2,1-3H3/t18?,20?,21?,22-,23+,25-,26-,27-/m0/s1. The third-order valence-corrected chi connectivity index (χ3v) is 10.8. The molecule has 5 fully saturated rings. The van der Waals surface area contributed by atoms with Gasteiger partial charge in [-0.3, -0.25) is 4.79 Å². The number of nitrogens with one attached hydrogen (secondary N) is 1. The van der Waals surface area contributed by atoms with Gasteiger partial charge in [0, 0.05) is 11.8 Å². The average molecular weight is 398 g/mol. The number of rotatable bonds is 2. The van der Waals surface area contributed by atoms with Crippen LogP contribution < -0.4 is 5.32 Å². The summed E-state index contributed by atoms with van der Waals surface area (Å²) in [4.78, 5) is 12.7. The maximum absolute atomic E-state index is 12.7. The molecule has 4 saturated carbocycles. The maximum Gasteiger partial charge on any atom is 0.139 e. The molecule has 4 aliphatic carbocycles. The second-order valence-corrected chi connectivity index (χ2v) is 12.1. The van der Waals surface area contributed by atoms with E-state index in [1.54, 1.807) is 0 Å². The van der Waals surface area contributed by atoms with Gasteiger partial charge in [0.25, 0.3) is 0 Å². The van der Waals surface area contributed by atoms with Crippen LogP contribution in [-0.4, -0.2) is 18.9 Å². The first-order valence-corrected chi connectivity index (χ1v) is 12.8. The number of allylic oxidation sites excluding steroid dienone is 2. The van der Waals surface area contributed by atoms with Gasteiger partial charge in [0.2, 0.25) is 0 Å². The van der Waals surface area contributed by atoms with Crippen molar-refractivity contribution in [1.82, 2.24) is 5.32 Å². The van der Waals surface area contributed by atoms with Crippen molar-refractivity contribution in [2.24, 2.45) is 52.3 Å². The molecule has 5 rings (SSSR count). The molecule has 0 spiro atoms. The van der Waals surface area contributed by atoms with E-state index in [1.165, 1.54) is 70.9 Å². The molecule has 3 unspecified atom stereocenters. The van der Waals surface area contributed by atoms with E-state index < -0.39 is 0 Å². The molecule has 0 aromatic carbocycles. The molecule has 1 N–H and O–H groups in total. The van der Waals surface area contributed by atoms with E-state index in [1.807, 2.05) is 0 Å². The molecular formula is C27H43NO. The molecule has 29 heavy (non-hydrogen) atoms. The topological polar surface area (TPSA) is 29.1 Å². The summed E-state index contributed by atoms with van der Waals surface area (Å²) in [6.07, 6.45) is 18.0. The van der Waals surface area contributed by atoms with Crippen molar-refractivity contribution in [3.05, 3.63) is 12.2 Å². The number of hydrogen-bond donors (Lipinski definition) is 1. The minimum atomic E-state index is 0.0212. The Labute approximate surface area is 178 Å². The zero-order valence-corrected chi connectivity index (χ0v) is 19.1. The van der Waals surface area contributed by atoms with E-state index in [0.717, 1.165) is 41.9 Å². The number of ketones is 1. The highest BCUT2D eigenvalue weighted by molar-refractivity contribution is 5.87. The summed E-state index contributed by atoms with van der Waals surface area (Å²) in [6, 6.07) is 0. The Morgan fingerprint density at radius 2 is 1.66 bits per heavy atom. The van der Waals surface area contributed by atoms with E-state index in [9.17, 15) is 4.79 Å². The van der Waals surface area contributed by atoms with E-state index in [-0.39, 0.29) is 5.41 Å². The first-order valence-electron chi connectivity index (χ1n) is 12.8. The van der Waals surface area contributed by atoms with Crippen LogP contribution in [0.3, 0.4) is 0 Å². The summed E-state index contributed by atoms with van der Waals surface area (Å²) in [7, 11) is 0. The zero-order valence-electron chi connectivity index (χ0n) is 19.1. The lowest BCUT2D eigenvalue weighted by Gasteiger charge is -2.62. The summed E-state index contributed by atoms with van der Waals surface area (Å²) in [5, 5.41) is 3.49. The molecular weight excluding hydrogens is 354 g/mol. The maximum atomic E-state index is 12.7. The lowest BCUT2D eigenvalue weighted by molar-refractivity contribution is -0.148. The molecule has 2 heteroatoms. The predicted molar refractivity (Wildman–Crippen MR) is 120 cm³/mol. The molecule has 0 amide bonds. The molecule has 0 bridgehead atoms. The van der Waals surface area contributed by atoms with Crippen LogP contribution in [0.4, 0.5) is 0 Å². The molecule has 8 atom stereocenters. The summed E-state index contributed by atoms with van der Waals surface area (Å²) in [6.45, 7) is 9.92.